The van der Waals surface area contributed by atoms with Gasteiger partial charge in [0.25, 0.3) is 0 Å². The number of hydrogen-bond acceptors (Lipinski definition) is 3. The fourth-order valence-corrected chi connectivity index (χ4v) is 3.21. The number of imidazole rings is 1. The number of benzene rings is 1. The Labute approximate surface area is 148 Å². The van der Waals surface area contributed by atoms with Crippen molar-refractivity contribution in [1.82, 2.24) is 9.55 Å². The number of nitrogens with one attached hydrogen (secondary N) is 1. The highest BCUT2D eigenvalue weighted by atomic mass is 19.4. The van der Waals surface area contributed by atoms with E-state index in [0.29, 0.717) is 6.54 Å². The number of rotatable bonds is 6. The molecule has 1 aromatic heterocycles. The predicted octanol–water partition coefficient (Wildman–Crippen LogP) is 4.20. The van der Waals surface area contributed by atoms with Crippen LogP contribution in [-0.2, 0) is 6.54 Å². The normalized spacial score (nSPS) is 16.6. The largest absolute Gasteiger partial charge is 0.573 e. The van der Waals surface area contributed by atoms with E-state index in [1.165, 1.54) is 10.6 Å². The third-order valence-electron chi connectivity index (χ3n) is 4.55. The molecule has 0 saturated heterocycles. The summed E-state index contributed by atoms with van der Waals surface area (Å²) < 4.78 is 49.4. The van der Waals surface area contributed by atoms with Gasteiger partial charge in [-0.05, 0) is 49.3 Å². The highest BCUT2D eigenvalue weighted by Crippen LogP contribution is 2.37. The molecule has 0 bridgehead atoms. The maximum Gasteiger partial charge on any atom is 0.573 e. The van der Waals surface area contributed by atoms with Gasteiger partial charge in [-0.3, -0.25) is 4.57 Å². The average molecular weight is 370 g/mol. The average Bonchev–Trinajstić information content (AvgIpc) is 3.20. The van der Waals surface area contributed by atoms with Crippen LogP contribution in [0.5, 0.6) is 11.5 Å². The van der Waals surface area contributed by atoms with E-state index in [4.69, 9.17) is 4.74 Å². The van der Waals surface area contributed by atoms with E-state index in [9.17, 15) is 18.0 Å². The minimum atomic E-state index is -4.78. The lowest BCUT2D eigenvalue weighted by molar-refractivity contribution is -0.275. The molecule has 0 aliphatic heterocycles. The van der Waals surface area contributed by atoms with Crippen LogP contribution in [0.25, 0.3) is 0 Å². The summed E-state index contributed by atoms with van der Waals surface area (Å²) in [7, 11) is 0. The minimum absolute atomic E-state index is 0.0886. The van der Waals surface area contributed by atoms with E-state index in [1.807, 2.05) is 6.92 Å². The number of aromatic amines is 1. The molecular formula is C18H21F3N2O3. The summed E-state index contributed by atoms with van der Waals surface area (Å²) in [5.74, 6) is -0.325. The molecule has 0 amide bonds. The number of nitrogens with zero attached hydrogens (tertiary/aromatic N) is 1. The van der Waals surface area contributed by atoms with Crippen molar-refractivity contribution in [3.05, 3.63) is 46.6 Å². The first kappa shape index (κ1) is 18.4. The first-order chi connectivity index (χ1) is 12.3. The van der Waals surface area contributed by atoms with Gasteiger partial charge in [-0.1, -0.05) is 13.0 Å². The third kappa shape index (κ3) is 4.62. The molecule has 3 rings (SSSR count). The molecule has 1 N–H and O–H groups in total. The van der Waals surface area contributed by atoms with Gasteiger partial charge in [-0.2, -0.15) is 0 Å². The van der Waals surface area contributed by atoms with Crippen LogP contribution in [-0.4, -0.2) is 22.0 Å². The summed E-state index contributed by atoms with van der Waals surface area (Å²) >= 11 is 0. The maximum atomic E-state index is 12.7. The fraction of sp³-hybridized carbons (Fsp3) is 0.500. The van der Waals surface area contributed by atoms with E-state index >= 15 is 0 Å². The number of hydrogen-bond donors (Lipinski definition) is 1. The summed E-state index contributed by atoms with van der Waals surface area (Å²) in [4.78, 5) is 14.2. The van der Waals surface area contributed by atoms with Crippen molar-refractivity contribution in [3.8, 4) is 11.5 Å². The molecule has 5 nitrogen and oxygen atoms in total. The Morgan fingerprint density at radius 3 is 2.62 bits per heavy atom. The van der Waals surface area contributed by atoms with Crippen LogP contribution < -0.4 is 15.2 Å². The van der Waals surface area contributed by atoms with E-state index in [-0.39, 0.29) is 29.2 Å². The van der Waals surface area contributed by atoms with Gasteiger partial charge in [0.15, 0.2) is 11.5 Å². The number of ether oxygens (including phenoxy) is 2. The fourth-order valence-electron chi connectivity index (χ4n) is 3.21. The van der Waals surface area contributed by atoms with Crippen LogP contribution >= 0.6 is 0 Å². The summed E-state index contributed by atoms with van der Waals surface area (Å²) in [6.45, 7) is 2.31. The Balaban J connectivity index is 1.83. The van der Waals surface area contributed by atoms with Crippen LogP contribution in [0, 0.1) is 0 Å². The number of halogens is 3. The molecule has 0 radical (unpaired) electrons. The summed E-state index contributed by atoms with van der Waals surface area (Å²) in [6, 6.07) is 4.44. The summed E-state index contributed by atoms with van der Waals surface area (Å²) in [5, 5.41) is 0. The molecule has 1 aliphatic rings. The first-order valence-corrected chi connectivity index (χ1v) is 8.62. The second-order valence-electron chi connectivity index (χ2n) is 6.60. The van der Waals surface area contributed by atoms with Gasteiger partial charge in [0, 0.05) is 18.9 Å². The predicted molar refractivity (Wildman–Crippen MR) is 89.5 cm³/mol. The molecule has 26 heavy (non-hydrogen) atoms. The van der Waals surface area contributed by atoms with Crippen LogP contribution in [0.4, 0.5) is 13.2 Å². The topological polar surface area (TPSA) is 56.2 Å². The van der Waals surface area contributed by atoms with Crippen molar-refractivity contribution >= 4 is 0 Å². The third-order valence-corrected chi connectivity index (χ3v) is 4.55. The Morgan fingerprint density at radius 1 is 1.27 bits per heavy atom. The molecule has 1 aromatic carbocycles. The van der Waals surface area contributed by atoms with Gasteiger partial charge in [-0.15, -0.1) is 13.2 Å². The van der Waals surface area contributed by atoms with E-state index in [1.54, 1.807) is 24.5 Å². The van der Waals surface area contributed by atoms with Gasteiger partial charge >= 0.3 is 12.1 Å². The van der Waals surface area contributed by atoms with Crippen LogP contribution in [0.2, 0.25) is 0 Å². The molecule has 2 aromatic rings. The molecular weight excluding hydrogens is 349 g/mol. The number of aromatic nitrogens is 2. The van der Waals surface area contributed by atoms with Crippen LogP contribution in [0.1, 0.15) is 44.1 Å². The molecule has 1 atom stereocenters. The maximum absolute atomic E-state index is 12.7. The minimum Gasteiger partial charge on any atom is -0.487 e. The van der Waals surface area contributed by atoms with Gasteiger partial charge in [-0.25, -0.2) is 4.79 Å². The highest BCUT2D eigenvalue weighted by Gasteiger charge is 2.33. The lowest BCUT2D eigenvalue weighted by Crippen LogP contribution is -2.20. The van der Waals surface area contributed by atoms with Crippen molar-refractivity contribution in [2.24, 2.45) is 0 Å². The number of alkyl halides is 3. The SMILES string of the molecule is CC(Cn1cc[nH]c1=O)c1ccc(OC(F)(F)F)c(OC2CCCC2)c1. The van der Waals surface area contributed by atoms with Crippen molar-refractivity contribution in [3.63, 3.8) is 0 Å². The summed E-state index contributed by atoms with van der Waals surface area (Å²) in [5.41, 5.74) is 0.553. The molecule has 142 valence electrons. The van der Waals surface area contributed by atoms with Crippen LogP contribution in [0.3, 0.4) is 0 Å². The van der Waals surface area contributed by atoms with Crippen molar-refractivity contribution in [1.29, 1.82) is 0 Å². The molecule has 0 spiro atoms. The molecule has 1 fully saturated rings. The van der Waals surface area contributed by atoms with E-state index < -0.39 is 6.36 Å². The zero-order chi connectivity index (χ0) is 18.7. The van der Waals surface area contributed by atoms with Gasteiger partial charge in [0.1, 0.15) is 0 Å². The second kappa shape index (κ2) is 7.47. The zero-order valence-electron chi connectivity index (χ0n) is 14.4. The van der Waals surface area contributed by atoms with Crippen LogP contribution in [0.15, 0.2) is 35.4 Å². The Hall–Kier alpha value is -2.38. The lowest BCUT2D eigenvalue weighted by Gasteiger charge is -2.20. The monoisotopic (exact) mass is 370 g/mol. The molecule has 1 aliphatic carbocycles. The number of H-pyrrole nitrogens is 1. The molecule has 1 unspecified atom stereocenters. The van der Waals surface area contributed by atoms with E-state index in [2.05, 4.69) is 9.72 Å². The molecule has 1 saturated carbocycles. The van der Waals surface area contributed by atoms with Gasteiger partial charge < -0.3 is 14.5 Å². The Bertz CT molecular complexity index is 791. The van der Waals surface area contributed by atoms with Crippen molar-refractivity contribution in [2.75, 3.05) is 0 Å². The Morgan fingerprint density at radius 2 is 2.00 bits per heavy atom. The standard InChI is InChI=1S/C18H21F3N2O3/c1-12(11-23-9-8-22-17(23)24)13-6-7-15(26-18(19,20)21)16(10-13)25-14-4-2-3-5-14/h6-10,12,14H,2-5,11H2,1H3,(H,22,24). The van der Waals surface area contributed by atoms with Crippen molar-refractivity contribution < 1.29 is 22.6 Å². The Kier molecular flexibility index (Phi) is 5.29. The van der Waals surface area contributed by atoms with Gasteiger partial charge in [0.2, 0.25) is 0 Å². The molecule has 8 heteroatoms. The molecule has 1 heterocycles. The first-order valence-electron chi connectivity index (χ1n) is 8.62. The second-order valence-corrected chi connectivity index (χ2v) is 6.60. The van der Waals surface area contributed by atoms with Gasteiger partial charge in [0.05, 0.1) is 6.10 Å². The summed E-state index contributed by atoms with van der Waals surface area (Å²) in [6.07, 6.45) is 1.97. The van der Waals surface area contributed by atoms with Crippen molar-refractivity contribution in [2.45, 2.75) is 57.5 Å². The highest BCUT2D eigenvalue weighted by molar-refractivity contribution is 5.44. The smallest absolute Gasteiger partial charge is 0.487 e. The lowest BCUT2D eigenvalue weighted by atomic mass is 10.0. The zero-order valence-corrected chi connectivity index (χ0v) is 14.4. The van der Waals surface area contributed by atoms with E-state index in [0.717, 1.165) is 31.2 Å². The quantitative estimate of drug-likeness (QED) is 0.829.